The number of nitrogens with one attached hydrogen (secondary N) is 1. The summed E-state index contributed by atoms with van der Waals surface area (Å²) in [7, 11) is -3.85. The lowest BCUT2D eigenvalue weighted by Gasteiger charge is -2.42. The molecule has 1 aromatic rings. The summed E-state index contributed by atoms with van der Waals surface area (Å²) < 4.78 is 23.6. The first kappa shape index (κ1) is 16.5. The Kier molecular flexibility index (Phi) is 4.46. The molecule has 0 spiro atoms. The number of nitrogens with two attached hydrogens (primary N) is 1. The average Bonchev–Trinajstić information content (AvgIpc) is 2.35. The van der Waals surface area contributed by atoms with E-state index in [1.165, 1.54) is 12.1 Å². The summed E-state index contributed by atoms with van der Waals surface area (Å²) in [6.07, 6.45) is 3.90. The van der Waals surface area contributed by atoms with Gasteiger partial charge in [0.2, 0.25) is 10.0 Å². The van der Waals surface area contributed by atoms with Crippen LogP contribution in [-0.2, 0) is 10.0 Å². The molecule has 5 nitrogen and oxygen atoms in total. The Morgan fingerprint density at radius 3 is 2.48 bits per heavy atom. The first-order valence-corrected chi connectivity index (χ1v) is 9.18. The Labute approximate surface area is 133 Å². The number of hydrogen-bond acceptors (Lipinski definition) is 3. The van der Waals surface area contributed by atoms with Crippen molar-refractivity contribution in [1.29, 1.82) is 0 Å². The second-order valence-corrected chi connectivity index (χ2v) is 7.98. The van der Waals surface area contributed by atoms with Crippen molar-refractivity contribution in [1.82, 2.24) is 5.32 Å². The Morgan fingerprint density at radius 1 is 1.43 bits per heavy atom. The van der Waals surface area contributed by atoms with Crippen molar-refractivity contribution < 1.29 is 13.2 Å². The number of sulfonamides is 1. The van der Waals surface area contributed by atoms with Crippen LogP contribution in [0.4, 0.5) is 0 Å². The van der Waals surface area contributed by atoms with E-state index >= 15 is 0 Å². The Bertz CT molecular complexity index is 676. The average molecular weight is 375 g/mol. The number of primary sulfonamides is 1. The molecular weight excluding hydrogens is 356 g/mol. The quantitative estimate of drug-likeness (QED) is 0.847. The van der Waals surface area contributed by atoms with Gasteiger partial charge in [-0.15, -0.1) is 0 Å². The Balaban J connectivity index is 2.39. The van der Waals surface area contributed by atoms with Crippen LogP contribution >= 0.6 is 15.9 Å². The van der Waals surface area contributed by atoms with Crippen LogP contribution in [0.2, 0.25) is 0 Å². The van der Waals surface area contributed by atoms with Gasteiger partial charge in [0.25, 0.3) is 5.91 Å². The number of halogens is 1. The fraction of sp³-hybridized carbons (Fsp3) is 0.500. The highest BCUT2D eigenvalue weighted by atomic mass is 79.9. The zero-order valence-electron chi connectivity index (χ0n) is 12.1. The summed E-state index contributed by atoms with van der Waals surface area (Å²) in [5.74, 6) is -0.250. The van der Waals surface area contributed by atoms with Gasteiger partial charge >= 0.3 is 0 Å². The highest BCUT2D eigenvalue weighted by Crippen LogP contribution is 2.35. The first-order chi connectivity index (χ1) is 9.68. The molecule has 3 N–H and O–H groups in total. The molecule has 116 valence electrons. The van der Waals surface area contributed by atoms with Crippen LogP contribution in [-0.4, -0.2) is 19.9 Å². The first-order valence-electron chi connectivity index (χ1n) is 6.84. The standard InChI is InChI=1S/C14H19BrN2O3S/c1-3-14(5-4-6-14)17-13(18)11-7-10(21(16,19)20)8-12(15)9(11)2/h7-8H,3-6H2,1-2H3,(H,17,18)(H2,16,19,20). The normalized spacial score (nSPS) is 17.1. The minimum absolute atomic E-state index is 0.0655. The van der Waals surface area contributed by atoms with Gasteiger partial charge in [0.15, 0.2) is 0 Å². The van der Waals surface area contributed by atoms with E-state index in [0.717, 1.165) is 25.7 Å². The van der Waals surface area contributed by atoms with Crippen molar-refractivity contribution in [3.05, 3.63) is 27.7 Å². The van der Waals surface area contributed by atoms with Crippen LogP contribution < -0.4 is 10.5 Å². The summed E-state index contributed by atoms with van der Waals surface area (Å²) in [6.45, 7) is 3.81. The molecule has 0 aromatic heterocycles. The molecule has 1 saturated carbocycles. The predicted molar refractivity (Wildman–Crippen MR) is 84.6 cm³/mol. The van der Waals surface area contributed by atoms with E-state index in [2.05, 4.69) is 21.2 Å². The van der Waals surface area contributed by atoms with E-state index in [1.54, 1.807) is 6.92 Å². The lowest BCUT2D eigenvalue weighted by molar-refractivity contribution is 0.0819. The van der Waals surface area contributed by atoms with Gasteiger partial charge in [0, 0.05) is 15.6 Å². The highest BCUT2D eigenvalue weighted by molar-refractivity contribution is 9.10. The van der Waals surface area contributed by atoms with Crippen molar-refractivity contribution in [2.45, 2.75) is 50.0 Å². The number of benzene rings is 1. The molecule has 0 bridgehead atoms. The summed E-state index contributed by atoms with van der Waals surface area (Å²) in [4.78, 5) is 12.4. The molecule has 0 heterocycles. The van der Waals surface area contributed by atoms with Crippen LogP contribution in [0, 0.1) is 6.92 Å². The van der Waals surface area contributed by atoms with Crippen molar-refractivity contribution in [3.8, 4) is 0 Å². The lowest BCUT2D eigenvalue weighted by Crippen LogP contribution is -2.53. The van der Waals surface area contributed by atoms with E-state index in [0.29, 0.717) is 15.6 Å². The van der Waals surface area contributed by atoms with Crippen LogP contribution in [0.15, 0.2) is 21.5 Å². The zero-order chi connectivity index (χ0) is 15.8. The number of rotatable bonds is 4. The van der Waals surface area contributed by atoms with Gasteiger partial charge < -0.3 is 5.32 Å². The minimum atomic E-state index is -3.85. The van der Waals surface area contributed by atoms with Gasteiger partial charge in [-0.25, -0.2) is 13.6 Å². The number of hydrogen-bond donors (Lipinski definition) is 2. The predicted octanol–water partition coefficient (Wildman–Crippen LogP) is 2.47. The van der Waals surface area contributed by atoms with Gasteiger partial charge in [-0.05, 0) is 50.3 Å². The number of carbonyl (C=O) groups excluding carboxylic acids is 1. The molecule has 0 atom stereocenters. The van der Waals surface area contributed by atoms with Crippen molar-refractivity contribution in [2.24, 2.45) is 5.14 Å². The smallest absolute Gasteiger partial charge is 0.252 e. The molecule has 0 saturated heterocycles. The molecule has 1 fully saturated rings. The molecule has 0 unspecified atom stereocenters. The molecule has 1 aliphatic carbocycles. The van der Waals surface area contributed by atoms with E-state index < -0.39 is 10.0 Å². The lowest BCUT2D eigenvalue weighted by atomic mass is 9.74. The maximum Gasteiger partial charge on any atom is 0.252 e. The maximum atomic E-state index is 12.5. The fourth-order valence-corrected chi connectivity index (χ4v) is 3.71. The topological polar surface area (TPSA) is 89.3 Å². The third-order valence-electron chi connectivity index (χ3n) is 4.26. The summed E-state index contributed by atoms with van der Waals surface area (Å²) in [6, 6.07) is 2.76. The third-order valence-corrected chi connectivity index (χ3v) is 5.97. The van der Waals surface area contributed by atoms with Crippen molar-refractivity contribution in [2.75, 3.05) is 0 Å². The molecule has 0 radical (unpaired) electrons. The molecule has 0 aliphatic heterocycles. The molecular formula is C14H19BrN2O3S. The third kappa shape index (κ3) is 3.30. The number of amides is 1. The molecule has 7 heteroatoms. The van der Waals surface area contributed by atoms with E-state index in [9.17, 15) is 13.2 Å². The molecule has 1 amide bonds. The van der Waals surface area contributed by atoms with E-state index in [-0.39, 0.29) is 16.3 Å². The van der Waals surface area contributed by atoms with Gasteiger partial charge in [-0.3, -0.25) is 4.79 Å². The van der Waals surface area contributed by atoms with Crippen molar-refractivity contribution in [3.63, 3.8) is 0 Å². The largest absolute Gasteiger partial charge is 0.347 e. The van der Waals surface area contributed by atoms with Gasteiger partial charge in [-0.1, -0.05) is 22.9 Å². The second-order valence-electron chi connectivity index (χ2n) is 5.56. The van der Waals surface area contributed by atoms with Crippen molar-refractivity contribution >= 4 is 31.9 Å². The van der Waals surface area contributed by atoms with Crippen LogP contribution in [0.25, 0.3) is 0 Å². The Hall–Kier alpha value is -0.920. The van der Waals surface area contributed by atoms with Gasteiger partial charge in [0.1, 0.15) is 0 Å². The molecule has 1 aromatic carbocycles. The summed E-state index contributed by atoms with van der Waals surface area (Å²) in [5, 5.41) is 8.20. The SMILES string of the molecule is CCC1(NC(=O)c2cc(S(N)(=O)=O)cc(Br)c2C)CCC1. The molecule has 1 aliphatic rings. The highest BCUT2D eigenvalue weighted by Gasteiger charge is 2.37. The minimum Gasteiger partial charge on any atom is -0.347 e. The van der Waals surface area contributed by atoms with Gasteiger partial charge in [0.05, 0.1) is 4.90 Å². The van der Waals surface area contributed by atoms with Crippen LogP contribution in [0.5, 0.6) is 0 Å². The number of carbonyl (C=O) groups is 1. The summed E-state index contributed by atoms with van der Waals surface area (Å²) >= 11 is 3.29. The monoisotopic (exact) mass is 374 g/mol. The van der Waals surface area contributed by atoms with Crippen LogP contribution in [0.3, 0.4) is 0 Å². The Morgan fingerprint density at radius 2 is 2.05 bits per heavy atom. The van der Waals surface area contributed by atoms with E-state index in [1.807, 2.05) is 6.92 Å². The summed E-state index contributed by atoms with van der Waals surface area (Å²) in [5.41, 5.74) is 0.895. The molecule has 2 rings (SSSR count). The fourth-order valence-electron chi connectivity index (χ4n) is 2.53. The maximum absolute atomic E-state index is 12.5. The van der Waals surface area contributed by atoms with Crippen LogP contribution in [0.1, 0.15) is 48.5 Å². The second kappa shape index (κ2) is 5.70. The zero-order valence-corrected chi connectivity index (χ0v) is 14.5. The molecule has 21 heavy (non-hydrogen) atoms. The van der Waals surface area contributed by atoms with Gasteiger partial charge in [-0.2, -0.15) is 0 Å². The van der Waals surface area contributed by atoms with E-state index in [4.69, 9.17) is 5.14 Å².